The molecule has 0 bridgehead atoms. The molecule has 39 heavy (non-hydrogen) atoms. The molecule has 3 aromatic rings. The minimum atomic E-state index is -0.0302. The largest absolute Gasteiger partial charge is 0.347 e. The number of aliphatic imine (C=N–C) groups is 1. The summed E-state index contributed by atoms with van der Waals surface area (Å²) in [5, 5.41) is 0. The third-order valence-corrected chi connectivity index (χ3v) is 9.07. The van der Waals surface area contributed by atoms with Crippen LogP contribution in [0.1, 0.15) is 44.2 Å². The maximum atomic E-state index is 4.86. The van der Waals surface area contributed by atoms with Gasteiger partial charge in [-0.25, -0.2) is 0 Å². The molecule has 3 heterocycles. The van der Waals surface area contributed by atoms with E-state index in [2.05, 4.69) is 116 Å². The van der Waals surface area contributed by atoms with Crippen LogP contribution in [0.2, 0.25) is 0 Å². The van der Waals surface area contributed by atoms with Gasteiger partial charge < -0.3 is 4.90 Å². The maximum absolute atomic E-state index is 4.86. The molecule has 6 rings (SSSR count). The normalized spacial score (nSPS) is 19.9. The van der Waals surface area contributed by atoms with Crippen molar-refractivity contribution in [3.8, 4) is 0 Å². The SMILES string of the molecule is CN1/C(=C/C=C2\CCCC(/C=C/C3=Nc4ccccc4C3)=C2Sc2ccncc2)C(C)(C)c2ccccc21.I. The Bertz CT molecular complexity index is 1530. The summed E-state index contributed by atoms with van der Waals surface area (Å²) in [7, 11) is 2.19. The number of aromatic nitrogens is 1. The van der Waals surface area contributed by atoms with Gasteiger partial charge in [0, 0.05) is 58.2 Å². The summed E-state index contributed by atoms with van der Waals surface area (Å²) in [6.07, 6.45) is 17.3. The number of halogens is 1. The topological polar surface area (TPSA) is 28.5 Å². The molecule has 2 aromatic carbocycles. The number of hydrogen-bond donors (Lipinski definition) is 0. The zero-order chi connectivity index (χ0) is 26.1. The smallest absolute Gasteiger partial charge is 0.0669 e. The van der Waals surface area contributed by atoms with Crippen LogP contribution in [0.3, 0.4) is 0 Å². The Hall–Kier alpha value is -2.90. The lowest BCUT2D eigenvalue weighted by molar-refractivity contribution is 0.640. The molecule has 3 aliphatic rings. The third-order valence-electron chi connectivity index (χ3n) is 7.83. The predicted molar refractivity (Wildman–Crippen MR) is 177 cm³/mol. The van der Waals surface area contributed by atoms with E-state index < -0.39 is 0 Å². The van der Waals surface area contributed by atoms with Crippen LogP contribution in [0.15, 0.2) is 129 Å². The van der Waals surface area contributed by atoms with Crippen molar-refractivity contribution >= 4 is 52.8 Å². The minimum Gasteiger partial charge on any atom is -0.347 e. The molecular formula is C34H34IN3S. The molecule has 0 radical (unpaired) electrons. The fraction of sp³-hybridized carbons (Fsp3) is 0.235. The molecule has 5 heteroatoms. The van der Waals surface area contributed by atoms with E-state index >= 15 is 0 Å². The summed E-state index contributed by atoms with van der Waals surface area (Å²) in [4.78, 5) is 14.0. The molecule has 1 aromatic heterocycles. The fourth-order valence-electron chi connectivity index (χ4n) is 5.81. The molecule has 0 unspecified atom stereocenters. The Morgan fingerprint density at radius 1 is 0.897 bits per heavy atom. The number of allylic oxidation sites excluding steroid dienone is 7. The van der Waals surface area contributed by atoms with Gasteiger partial charge in [-0.3, -0.25) is 9.98 Å². The summed E-state index contributed by atoms with van der Waals surface area (Å²) in [6.45, 7) is 4.66. The van der Waals surface area contributed by atoms with Gasteiger partial charge in [0.2, 0.25) is 0 Å². The second-order valence-corrected chi connectivity index (χ2v) is 11.8. The fourth-order valence-corrected chi connectivity index (χ4v) is 6.90. The van der Waals surface area contributed by atoms with Crippen molar-refractivity contribution in [3.63, 3.8) is 0 Å². The van der Waals surface area contributed by atoms with Crippen molar-refractivity contribution in [2.75, 3.05) is 11.9 Å². The molecule has 0 saturated heterocycles. The summed E-state index contributed by atoms with van der Waals surface area (Å²) < 4.78 is 0. The standard InChI is InChI=1S/C34H33N3S.HI/c1-34(2)29-12-5-7-14-31(29)37(3)32(34)18-16-25-11-8-10-24(33(25)38-28-19-21-35-22-20-28)15-17-27-23-26-9-4-6-13-30(26)36-27;/h4-7,9,12-22H,8,10-11,23H2,1-3H3;1H/b17-15+,25-16+,32-18+;. The first-order chi connectivity index (χ1) is 18.5. The number of nitrogens with zero attached hydrogens (tertiary/aromatic N) is 3. The van der Waals surface area contributed by atoms with Crippen LogP contribution in [-0.2, 0) is 11.8 Å². The Balaban J connectivity index is 0.00000308. The first-order valence-electron chi connectivity index (χ1n) is 13.4. The molecule has 2 aliphatic heterocycles. The van der Waals surface area contributed by atoms with Gasteiger partial charge in [0.25, 0.3) is 0 Å². The number of rotatable bonds is 5. The highest BCUT2D eigenvalue weighted by Gasteiger charge is 2.37. The number of likely N-dealkylation sites (N-methyl/N-ethyl adjacent to an activating group) is 1. The van der Waals surface area contributed by atoms with Crippen LogP contribution in [0.25, 0.3) is 0 Å². The van der Waals surface area contributed by atoms with Crippen molar-refractivity contribution in [3.05, 3.63) is 130 Å². The molecule has 0 saturated carbocycles. The summed E-state index contributed by atoms with van der Waals surface area (Å²) in [5.74, 6) is 0. The Labute approximate surface area is 253 Å². The van der Waals surface area contributed by atoms with Crippen molar-refractivity contribution in [1.29, 1.82) is 0 Å². The zero-order valence-corrected chi connectivity index (χ0v) is 25.9. The molecule has 0 spiro atoms. The summed E-state index contributed by atoms with van der Waals surface area (Å²) in [6, 6.07) is 21.4. The van der Waals surface area contributed by atoms with E-state index in [1.165, 1.54) is 43.5 Å². The second-order valence-electron chi connectivity index (χ2n) is 10.7. The predicted octanol–water partition coefficient (Wildman–Crippen LogP) is 9.35. The average molecular weight is 644 g/mol. The van der Waals surface area contributed by atoms with Crippen LogP contribution < -0.4 is 4.90 Å². The van der Waals surface area contributed by atoms with Gasteiger partial charge in [0.1, 0.15) is 0 Å². The highest BCUT2D eigenvalue weighted by atomic mass is 127. The first-order valence-corrected chi connectivity index (χ1v) is 14.2. The minimum absolute atomic E-state index is 0. The van der Waals surface area contributed by atoms with Crippen LogP contribution >= 0.6 is 35.7 Å². The number of para-hydroxylation sites is 2. The third kappa shape index (κ3) is 5.57. The Kier molecular flexibility index (Phi) is 8.29. The highest BCUT2D eigenvalue weighted by molar-refractivity contribution is 14.0. The van der Waals surface area contributed by atoms with E-state index in [1.54, 1.807) is 0 Å². The molecule has 0 atom stereocenters. The van der Waals surface area contributed by atoms with Crippen LogP contribution in [0.4, 0.5) is 11.4 Å². The van der Waals surface area contributed by atoms with Crippen LogP contribution in [-0.4, -0.2) is 17.7 Å². The van der Waals surface area contributed by atoms with E-state index in [-0.39, 0.29) is 29.4 Å². The number of benzene rings is 2. The molecule has 0 N–H and O–H groups in total. The Morgan fingerprint density at radius 2 is 1.67 bits per heavy atom. The molecular weight excluding hydrogens is 609 g/mol. The van der Waals surface area contributed by atoms with Gasteiger partial charge in [0.05, 0.1) is 5.69 Å². The molecule has 0 fully saturated rings. The van der Waals surface area contributed by atoms with E-state index in [0.29, 0.717) is 0 Å². The Morgan fingerprint density at radius 3 is 2.46 bits per heavy atom. The van der Waals surface area contributed by atoms with E-state index in [4.69, 9.17) is 4.99 Å². The van der Waals surface area contributed by atoms with Gasteiger partial charge in [-0.05, 0) is 78.0 Å². The first kappa shape index (κ1) is 27.7. The van der Waals surface area contributed by atoms with Gasteiger partial charge in [-0.2, -0.15) is 0 Å². The van der Waals surface area contributed by atoms with Crippen LogP contribution in [0, 0.1) is 0 Å². The van der Waals surface area contributed by atoms with E-state index in [1.807, 2.05) is 24.2 Å². The monoisotopic (exact) mass is 643 g/mol. The number of anilines is 1. The number of pyridine rings is 1. The zero-order valence-electron chi connectivity index (χ0n) is 22.7. The lowest BCUT2D eigenvalue weighted by atomic mass is 9.83. The quantitative estimate of drug-likeness (QED) is 0.260. The molecule has 198 valence electrons. The molecule has 3 nitrogen and oxygen atoms in total. The number of fused-ring (bicyclic) bond motifs is 2. The average Bonchev–Trinajstić information content (AvgIpc) is 3.44. The van der Waals surface area contributed by atoms with Gasteiger partial charge >= 0.3 is 0 Å². The van der Waals surface area contributed by atoms with Crippen LogP contribution in [0.5, 0.6) is 0 Å². The van der Waals surface area contributed by atoms with Crippen molar-refractivity contribution in [2.24, 2.45) is 4.99 Å². The van der Waals surface area contributed by atoms with Gasteiger partial charge in [-0.15, -0.1) is 24.0 Å². The maximum Gasteiger partial charge on any atom is 0.0669 e. The van der Waals surface area contributed by atoms with Gasteiger partial charge in [0.15, 0.2) is 0 Å². The lowest BCUT2D eigenvalue weighted by Crippen LogP contribution is -2.22. The highest BCUT2D eigenvalue weighted by Crippen LogP contribution is 2.47. The summed E-state index contributed by atoms with van der Waals surface area (Å²) >= 11 is 1.86. The molecule has 0 amide bonds. The molecule has 1 aliphatic carbocycles. The van der Waals surface area contributed by atoms with Crippen molar-refractivity contribution in [2.45, 2.75) is 49.8 Å². The van der Waals surface area contributed by atoms with E-state index in [9.17, 15) is 0 Å². The summed E-state index contributed by atoms with van der Waals surface area (Å²) in [5.41, 5.74) is 10.3. The van der Waals surface area contributed by atoms with Crippen molar-refractivity contribution < 1.29 is 0 Å². The number of thioether (sulfide) groups is 1. The second kappa shape index (κ2) is 11.7. The lowest BCUT2D eigenvalue weighted by Gasteiger charge is -2.25. The van der Waals surface area contributed by atoms with Gasteiger partial charge in [-0.1, -0.05) is 74.2 Å². The van der Waals surface area contributed by atoms with Crippen molar-refractivity contribution in [1.82, 2.24) is 4.98 Å². The van der Waals surface area contributed by atoms with E-state index in [0.717, 1.165) is 37.1 Å². The number of hydrogen-bond acceptors (Lipinski definition) is 4.